The molecule has 352 valence electrons. The number of rotatable bonds is 43. The van der Waals surface area contributed by atoms with Crippen molar-refractivity contribution >= 4 is 12.1 Å². The highest BCUT2D eigenvalue weighted by atomic mass is 16.6. The summed E-state index contributed by atoms with van der Waals surface area (Å²) in [5.41, 5.74) is 4.77. The number of unbranched alkanes of at least 4 members (excludes halogenated alkanes) is 12. The van der Waals surface area contributed by atoms with Gasteiger partial charge >= 0.3 is 12.1 Å². The van der Waals surface area contributed by atoms with Gasteiger partial charge in [-0.25, -0.2) is 4.79 Å². The van der Waals surface area contributed by atoms with E-state index >= 15 is 0 Å². The molecule has 3 rings (SSSR count). The number of carbonyl (C=O) groups excluding carboxylic acids is 2. The third-order valence-electron chi connectivity index (χ3n) is 10.4. The van der Waals surface area contributed by atoms with Crippen molar-refractivity contribution in [3.63, 3.8) is 0 Å². The summed E-state index contributed by atoms with van der Waals surface area (Å²) in [5.74, 6) is -0.101. The van der Waals surface area contributed by atoms with Crippen LogP contribution < -0.4 is 5.32 Å². The van der Waals surface area contributed by atoms with Crippen LogP contribution >= 0.6 is 0 Å². The first-order valence-corrected chi connectivity index (χ1v) is 23.6. The molecule has 0 saturated carbocycles. The number of ether oxygens (including phenoxy) is 10. The normalized spacial score (nSPS) is 12.1. The van der Waals surface area contributed by atoms with Gasteiger partial charge in [0.25, 0.3) is 0 Å². The molecule has 1 N–H and O–H groups in total. The summed E-state index contributed by atoms with van der Waals surface area (Å²) in [7, 11) is 0. The fourth-order valence-corrected chi connectivity index (χ4v) is 7.09. The minimum absolute atomic E-state index is 0.0348. The maximum atomic E-state index is 12.3. The number of benzene rings is 2. The number of alkyl carbamates (subject to hydrolysis) is 1. The van der Waals surface area contributed by atoms with Crippen LogP contribution in [0.4, 0.5) is 4.79 Å². The van der Waals surface area contributed by atoms with Crippen molar-refractivity contribution in [2.75, 3.05) is 125 Å². The molecule has 0 bridgehead atoms. The quantitative estimate of drug-likeness (QED) is 0.0504. The predicted molar refractivity (Wildman–Crippen MR) is 241 cm³/mol. The number of hydrogen-bond acceptors (Lipinski definition) is 12. The van der Waals surface area contributed by atoms with E-state index in [0.717, 1.165) is 12.8 Å². The third kappa shape index (κ3) is 26.5. The van der Waals surface area contributed by atoms with Gasteiger partial charge in [0.15, 0.2) is 0 Å². The molecule has 2 aromatic carbocycles. The van der Waals surface area contributed by atoms with E-state index in [4.69, 9.17) is 47.4 Å². The lowest BCUT2D eigenvalue weighted by atomic mass is 9.98. The minimum Gasteiger partial charge on any atom is -0.463 e. The van der Waals surface area contributed by atoms with Crippen molar-refractivity contribution < 1.29 is 57.0 Å². The van der Waals surface area contributed by atoms with Crippen molar-refractivity contribution in [1.29, 1.82) is 0 Å². The first kappa shape index (κ1) is 53.2. The van der Waals surface area contributed by atoms with E-state index in [1.807, 2.05) is 24.3 Å². The molecule has 1 aliphatic carbocycles. The predicted octanol–water partition coefficient (Wildman–Crippen LogP) is 8.68. The molecule has 62 heavy (non-hydrogen) atoms. The second-order valence-corrected chi connectivity index (χ2v) is 15.4. The fourth-order valence-electron chi connectivity index (χ4n) is 7.09. The van der Waals surface area contributed by atoms with Crippen molar-refractivity contribution in [3.8, 4) is 11.1 Å². The number of nitrogens with one attached hydrogen (secondary N) is 1. The van der Waals surface area contributed by atoms with Gasteiger partial charge in [-0.05, 0) is 28.7 Å². The summed E-state index contributed by atoms with van der Waals surface area (Å²) >= 11 is 0. The molecule has 0 atom stereocenters. The monoisotopic (exact) mass is 874 g/mol. The highest BCUT2D eigenvalue weighted by Crippen LogP contribution is 2.44. The summed E-state index contributed by atoms with van der Waals surface area (Å²) in [5, 5.41) is 2.75. The van der Waals surface area contributed by atoms with Crippen LogP contribution in [0.5, 0.6) is 0 Å². The molecular weight excluding hydrogens is 795 g/mol. The van der Waals surface area contributed by atoms with E-state index in [2.05, 4.69) is 36.5 Å². The Bertz CT molecular complexity index is 1330. The molecule has 0 radical (unpaired) electrons. The summed E-state index contributed by atoms with van der Waals surface area (Å²) in [6.45, 7) is 10.5. The Labute approximate surface area is 372 Å². The number of hydrogen-bond donors (Lipinski definition) is 1. The Hall–Kier alpha value is -3.14. The van der Waals surface area contributed by atoms with Gasteiger partial charge in [0, 0.05) is 18.9 Å². The van der Waals surface area contributed by atoms with E-state index in [-0.39, 0.29) is 25.1 Å². The van der Waals surface area contributed by atoms with Crippen LogP contribution in [0, 0.1) is 0 Å². The van der Waals surface area contributed by atoms with Gasteiger partial charge in [-0.3, -0.25) is 4.79 Å². The Morgan fingerprint density at radius 3 is 1.21 bits per heavy atom. The average molecular weight is 874 g/mol. The number of fused-ring (bicyclic) bond motifs is 3. The Balaban J connectivity index is 0.928. The lowest BCUT2D eigenvalue weighted by molar-refractivity contribution is -0.145. The molecule has 13 heteroatoms. The molecule has 0 spiro atoms. The van der Waals surface area contributed by atoms with Gasteiger partial charge in [0.1, 0.15) is 13.2 Å². The van der Waals surface area contributed by atoms with Gasteiger partial charge in [0.2, 0.25) is 0 Å². The Morgan fingerprint density at radius 2 is 0.790 bits per heavy atom. The van der Waals surface area contributed by atoms with E-state index < -0.39 is 6.09 Å². The second-order valence-electron chi connectivity index (χ2n) is 15.4. The highest BCUT2D eigenvalue weighted by molar-refractivity contribution is 5.79. The molecular formula is C49H79NO12. The van der Waals surface area contributed by atoms with Crippen LogP contribution in [-0.4, -0.2) is 138 Å². The van der Waals surface area contributed by atoms with Crippen molar-refractivity contribution in [2.24, 2.45) is 0 Å². The van der Waals surface area contributed by atoms with Crippen molar-refractivity contribution in [2.45, 2.75) is 103 Å². The first-order chi connectivity index (χ1) is 30.7. The van der Waals surface area contributed by atoms with E-state index in [1.54, 1.807) is 0 Å². The molecule has 13 nitrogen and oxygen atoms in total. The lowest BCUT2D eigenvalue weighted by Crippen LogP contribution is -2.29. The minimum atomic E-state index is -0.453. The van der Waals surface area contributed by atoms with Crippen LogP contribution in [-0.2, 0) is 52.2 Å². The fraction of sp³-hybridized carbons (Fsp3) is 0.714. The van der Waals surface area contributed by atoms with Gasteiger partial charge in [0.05, 0.1) is 106 Å². The molecule has 0 fully saturated rings. The van der Waals surface area contributed by atoms with Gasteiger partial charge in [-0.2, -0.15) is 0 Å². The Morgan fingerprint density at radius 1 is 0.435 bits per heavy atom. The summed E-state index contributed by atoms with van der Waals surface area (Å²) in [6, 6.07) is 16.5. The SMILES string of the molecule is CCCCCCCCCCCCCCCC(=O)OCCOCCOCCOCCOCCOCCOCCOCCOCCNC(=O)OCC1c2ccccc2-c2ccccc21. The maximum absolute atomic E-state index is 12.3. The van der Waals surface area contributed by atoms with Gasteiger partial charge < -0.3 is 52.7 Å². The van der Waals surface area contributed by atoms with Crippen LogP contribution in [0.15, 0.2) is 48.5 Å². The van der Waals surface area contributed by atoms with Crippen LogP contribution in [0.1, 0.15) is 114 Å². The Kier molecular flexibility index (Phi) is 32.9. The topological polar surface area (TPSA) is 138 Å². The van der Waals surface area contributed by atoms with Crippen LogP contribution in [0.2, 0.25) is 0 Å². The zero-order valence-corrected chi connectivity index (χ0v) is 37.9. The number of carbonyl (C=O) groups is 2. The van der Waals surface area contributed by atoms with E-state index in [9.17, 15) is 9.59 Å². The number of amides is 1. The smallest absolute Gasteiger partial charge is 0.407 e. The summed E-state index contributed by atoms with van der Waals surface area (Å²) in [4.78, 5) is 24.2. The molecule has 0 aromatic heterocycles. The standard InChI is InChI=1S/C49H79NO12/c1-2-3-4-5-6-7-8-9-10-11-12-13-14-23-48(51)61-41-40-60-39-38-59-37-36-58-35-34-57-33-32-56-31-30-55-29-28-54-27-26-53-25-24-50-49(52)62-42-47-45-21-17-15-19-43(45)44-20-16-18-22-46(44)47/h15-22,47H,2-14,23-42H2,1H3,(H,50,52). The molecule has 0 heterocycles. The van der Waals surface area contributed by atoms with Crippen LogP contribution in [0.25, 0.3) is 11.1 Å². The third-order valence-corrected chi connectivity index (χ3v) is 10.4. The summed E-state index contributed by atoms with van der Waals surface area (Å²) < 4.78 is 54.9. The zero-order valence-electron chi connectivity index (χ0n) is 37.9. The molecule has 0 saturated heterocycles. The number of esters is 1. The maximum Gasteiger partial charge on any atom is 0.407 e. The highest BCUT2D eigenvalue weighted by Gasteiger charge is 2.29. The molecule has 2 aromatic rings. The van der Waals surface area contributed by atoms with Crippen LogP contribution in [0.3, 0.4) is 0 Å². The van der Waals surface area contributed by atoms with Crippen molar-refractivity contribution in [3.05, 3.63) is 59.7 Å². The average Bonchev–Trinajstić information content (AvgIpc) is 3.61. The molecule has 0 unspecified atom stereocenters. The largest absolute Gasteiger partial charge is 0.463 e. The molecule has 0 aliphatic heterocycles. The molecule has 1 amide bonds. The lowest BCUT2D eigenvalue weighted by Gasteiger charge is -2.14. The van der Waals surface area contributed by atoms with Gasteiger partial charge in [-0.15, -0.1) is 0 Å². The molecule has 1 aliphatic rings. The zero-order chi connectivity index (χ0) is 43.8. The first-order valence-electron chi connectivity index (χ1n) is 23.6. The van der Waals surface area contributed by atoms with E-state index in [0.29, 0.717) is 119 Å². The second kappa shape index (κ2) is 38.3. The van der Waals surface area contributed by atoms with Crippen molar-refractivity contribution in [1.82, 2.24) is 5.32 Å². The summed E-state index contributed by atoms with van der Waals surface area (Å²) in [6.07, 6.45) is 16.8. The van der Waals surface area contributed by atoms with Gasteiger partial charge in [-0.1, -0.05) is 133 Å². The van der Waals surface area contributed by atoms with E-state index in [1.165, 1.54) is 92.9 Å².